The van der Waals surface area contributed by atoms with Gasteiger partial charge in [0.25, 0.3) is 0 Å². The lowest BCUT2D eigenvalue weighted by Gasteiger charge is -2.21. The Hall–Kier alpha value is -2.82. The van der Waals surface area contributed by atoms with Gasteiger partial charge in [0.1, 0.15) is 17.5 Å². The second-order valence-electron chi connectivity index (χ2n) is 6.85. The molecule has 2 aliphatic heterocycles. The molecule has 5 rings (SSSR count). The van der Waals surface area contributed by atoms with Gasteiger partial charge in [0.15, 0.2) is 0 Å². The number of pyridine rings is 1. The predicted octanol–water partition coefficient (Wildman–Crippen LogP) is 4.40. The number of para-hydroxylation sites is 1. The summed E-state index contributed by atoms with van der Waals surface area (Å²) in [6, 6.07) is 13.8. The first kappa shape index (κ1) is 15.4. The fraction of sp³-hybridized carbons (Fsp3) is 0.238. The van der Waals surface area contributed by atoms with Crippen molar-refractivity contribution >= 4 is 16.7 Å². The molecule has 3 aromatic rings. The molecule has 1 fully saturated rings. The summed E-state index contributed by atoms with van der Waals surface area (Å²) in [7, 11) is 0. The molecule has 0 saturated carbocycles. The number of nitrogens with zero attached hydrogens (tertiary/aromatic N) is 3. The molecule has 1 atom stereocenters. The molecule has 0 aliphatic carbocycles. The van der Waals surface area contributed by atoms with E-state index in [-0.39, 0.29) is 0 Å². The van der Waals surface area contributed by atoms with Crippen LogP contribution in [0.3, 0.4) is 0 Å². The van der Waals surface area contributed by atoms with E-state index in [1.54, 1.807) is 0 Å². The monoisotopic (exact) mass is 349 g/mol. The van der Waals surface area contributed by atoms with Crippen LogP contribution >= 0.6 is 0 Å². The number of aromatic nitrogens is 1. The third kappa shape index (κ3) is 2.38. The van der Waals surface area contributed by atoms with E-state index in [4.69, 9.17) is 4.99 Å². The fourth-order valence-corrected chi connectivity index (χ4v) is 4.02. The Morgan fingerprint density at radius 3 is 2.77 bits per heavy atom. The van der Waals surface area contributed by atoms with Crippen LogP contribution < -0.4 is 0 Å². The first-order valence-electron chi connectivity index (χ1n) is 8.87. The molecule has 26 heavy (non-hydrogen) atoms. The molecule has 130 valence electrons. The number of fused-ring (bicyclic) bond motifs is 2. The molecule has 2 aromatic carbocycles. The van der Waals surface area contributed by atoms with Gasteiger partial charge in [0.2, 0.25) is 0 Å². The molecule has 1 aromatic heterocycles. The van der Waals surface area contributed by atoms with Crippen LogP contribution in [0.15, 0.2) is 53.5 Å². The highest BCUT2D eigenvalue weighted by Crippen LogP contribution is 2.32. The van der Waals surface area contributed by atoms with Gasteiger partial charge in [-0.15, -0.1) is 0 Å². The zero-order chi connectivity index (χ0) is 17.7. The number of hydrogen-bond donors (Lipinski definition) is 0. The van der Waals surface area contributed by atoms with Crippen LogP contribution in [0.4, 0.5) is 8.78 Å². The minimum atomic E-state index is -0.605. The van der Waals surface area contributed by atoms with Gasteiger partial charge in [-0.2, -0.15) is 0 Å². The van der Waals surface area contributed by atoms with Gasteiger partial charge >= 0.3 is 0 Å². The number of benzene rings is 2. The van der Waals surface area contributed by atoms with Crippen molar-refractivity contribution in [3.63, 3.8) is 0 Å². The van der Waals surface area contributed by atoms with Crippen molar-refractivity contribution in [1.29, 1.82) is 0 Å². The molecular formula is C21H17F2N3. The van der Waals surface area contributed by atoms with Gasteiger partial charge in [-0.3, -0.25) is 4.99 Å². The summed E-state index contributed by atoms with van der Waals surface area (Å²) >= 11 is 0. The summed E-state index contributed by atoms with van der Waals surface area (Å²) in [6.45, 7) is 1.81. The van der Waals surface area contributed by atoms with Gasteiger partial charge in [0.05, 0.1) is 23.8 Å². The average molecular weight is 349 g/mol. The van der Waals surface area contributed by atoms with Crippen LogP contribution in [0.5, 0.6) is 0 Å². The summed E-state index contributed by atoms with van der Waals surface area (Å²) < 4.78 is 27.6. The Labute approximate surface area is 150 Å². The van der Waals surface area contributed by atoms with Gasteiger partial charge in [-0.1, -0.05) is 18.2 Å². The van der Waals surface area contributed by atoms with Crippen molar-refractivity contribution in [2.24, 2.45) is 4.99 Å². The second kappa shape index (κ2) is 5.87. The highest BCUT2D eigenvalue weighted by atomic mass is 19.1. The number of aliphatic imine (C=N–C) groups is 1. The molecule has 1 unspecified atom stereocenters. The molecule has 5 heteroatoms. The van der Waals surface area contributed by atoms with E-state index < -0.39 is 11.6 Å². The van der Waals surface area contributed by atoms with E-state index >= 15 is 0 Å². The standard InChI is InChI=1S/C21H17F2N3/c22-13-7-8-16(18(23)10-13)20-11-17(15-5-1-2-6-19(15)25-20)21-24-12-14-4-3-9-26(14)21/h1-2,5-8,10-11,14H,3-4,9,12H2. The second-order valence-corrected chi connectivity index (χ2v) is 6.85. The maximum absolute atomic E-state index is 14.3. The summed E-state index contributed by atoms with van der Waals surface area (Å²) in [5, 5.41) is 1.00. The minimum absolute atomic E-state index is 0.301. The van der Waals surface area contributed by atoms with Gasteiger partial charge in [-0.25, -0.2) is 13.8 Å². The summed E-state index contributed by atoms with van der Waals surface area (Å²) in [5.41, 5.74) is 2.56. The molecule has 3 nitrogen and oxygen atoms in total. The van der Waals surface area contributed by atoms with Crippen molar-refractivity contribution in [2.75, 3.05) is 13.1 Å². The number of amidine groups is 1. The largest absolute Gasteiger partial charge is 0.352 e. The summed E-state index contributed by atoms with van der Waals surface area (Å²) in [6.07, 6.45) is 2.33. The molecule has 2 aliphatic rings. The van der Waals surface area contributed by atoms with Gasteiger partial charge in [0, 0.05) is 29.1 Å². The summed E-state index contributed by atoms with van der Waals surface area (Å²) in [4.78, 5) is 11.7. The maximum atomic E-state index is 14.3. The fourth-order valence-electron chi connectivity index (χ4n) is 4.02. The average Bonchev–Trinajstić information content (AvgIpc) is 3.24. The van der Waals surface area contributed by atoms with Crippen molar-refractivity contribution in [3.8, 4) is 11.3 Å². The topological polar surface area (TPSA) is 28.5 Å². The molecule has 0 radical (unpaired) electrons. The molecule has 0 N–H and O–H groups in total. The smallest absolute Gasteiger partial charge is 0.135 e. The lowest BCUT2D eigenvalue weighted by Crippen LogP contribution is -2.31. The Morgan fingerprint density at radius 2 is 1.88 bits per heavy atom. The van der Waals surface area contributed by atoms with E-state index in [9.17, 15) is 8.78 Å². The zero-order valence-electron chi connectivity index (χ0n) is 14.1. The molecular weight excluding hydrogens is 332 g/mol. The molecule has 0 bridgehead atoms. The Morgan fingerprint density at radius 1 is 1.00 bits per heavy atom. The van der Waals surface area contributed by atoms with Gasteiger partial charge in [-0.05, 0) is 37.1 Å². The van der Waals surface area contributed by atoms with Gasteiger partial charge < -0.3 is 4.90 Å². The number of halogens is 2. The highest BCUT2D eigenvalue weighted by Gasteiger charge is 2.33. The van der Waals surface area contributed by atoms with Crippen LogP contribution in [0.1, 0.15) is 18.4 Å². The normalized spacial score (nSPS) is 19.1. The van der Waals surface area contributed by atoms with E-state index in [0.717, 1.165) is 47.9 Å². The SMILES string of the molecule is Fc1ccc(-c2cc(C3=NCC4CCCN34)c3ccccc3n2)c(F)c1. The van der Waals surface area contributed by atoms with E-state index in [1.807, 2.05) is 30.3 Å². The van der Waals surface area contributed by atoms with Crippen molar-refractivity contribution in [1.82, 2.24) is 9.88 Å². The first-order valence-corrected chi connectivity index (χ1v) is 8.87. The minimum Gasteiger partial charge on any atom is -0.352 e. The van der Waals surface area contributed by atoms with Crippen LogP contribution in [0.25, 0.3) is 22.2 Å². The molecule has 0 spiro atoms. The quantitative estimate of drug-likeness (QED) is 0.686. The van der Waals surface area contributed by atoms with E-state index in [1.165, 1.54) is 18.6 Å². The Kier molecular flexibility index (Phi) is 3.48. The van der Waals surface area contributed by atoms with Crippen LogP contribution in [0.2, 0.25) is 0 Å². The lowest BCUT2D eigenvalue weighted by atomic mass is 10.0. The van der Waals surface area contributed by atoms with Crippen LogP contribution in [-0.2, 0) is 0 Å². The highest BCUT2D eigenvalue weighted by molar-refractivity contribution is 6.10. The number of hydrogen-bond acceptors (Lipinski definition) is 3. The van der Waals surface area contributed by atoms with Crippen LogP contribution in [-0.4, -0.2) is 34.9 Å². The first-order chi connectivity index (χ1) is 12.7. The Balaban J connectivity index is 1.72. The van der Waals surface area contributed by atoms with Crippen molar-refractivity contribution < 1.29 is 8.78 Å². The van der Waals surface area contributed by atoms with Crippen LogP contribution in [0, 0.1) is 11.6 Å². The predicted molar refractivity (Wildman–Crippen MR) is 98.2 cm³/mol. The van der Waals surface area contributed by atoms with E-state index in [2.05, 4.69) is 9.88 Å². The third-order valence-corrected chi connectivity index (χ3v) is 5.27. The summed E-state index contributed by atoms with van der Waals surface area (Å²) in [5.74, 6) is -0.228. The lowest BCUT2D eigenvalue weighted by molar-refractivity contribution is 0.431. The zero-order valence-corrected chi connectivity index (χ0v) is 14.1. The number of rotatable bonds is 2. The molecule has 0 amide bonds. The molecule has 3 heterocycles. The molecule has 1 saturated heterocycles. The Bertz CT molecular complexity index is 1040. The van der Waals surface area contributed by atoms with E-state index in [0.29, 0.717) is 17.3 Å². The maximum Gasteiger partial charge on any atom is 0.135 e. The third-order valence-electron chi connectivity index (χ3n) is 5.27. The van der Waals surface area contributed by atoms with Crippen molar-refractivity contribution in [2.45, 2.75) is 18.9 Å². The van der Waals surface area contributed by atoms with Crippen molar-refractivity contribution in [3.05, 3.63) is 65.7 Å².